The standard InChI is InChI=1S/C32H43ClN8O7/c1-19(2)14-26-31(45)34-9-12-40(28(43)17-24-15-20(3)38-48-24)11-8-23-18-41(39-37-23)10-5-13-47-27-7-6-22(16-25(27)33)30(44)36-29(21(4)42)32(46)35-26/h6-7,15-16,18-19,21,26,29,42H,5,8-14,17H2,1-4H3,(H,34,45)(H,35,46)(H,36,44)/t21-,26-,29+/m1/s1. The van der Waals surface area contributed by atoms with E-state index in [1.54, 1.807) is 28.6 Å². The van der Waals surface area contributed by atoms with Crippen LogP contribution in [-0.2, 0) is 33.8 Å². The summed E-state index contributed by atoms with van der Waals surface area (Å²) in [5, 5.41) is 31.0. The molecule has 2 aromatic heterocycles. The van der Waals surface area contributed by atoms with Crippen molar-refractivity contribution in [2.45, 2.75) is 78.1 Å². The van der Waals surface area contributed by atoms with Crippen molar-refractivity contribution < 1.29 is 33.5 Å². The van der Waals surface area contributed by atoms with Crippen molar-refractivity contribution in [3.05, 3.63) is 58.2 Å². The van der Waals surface area contributed by atoms with Crippen LogP contribution in [0.1, 0.15) is 61.1 Å². The number of aromatic nitrogens is 4. The summed E-state index contributed by atoms with van der Waals surface area (Å²) in [7, 11) is 0. The zero-order valence-corrected chi connectivity index (χ0v) is 28.3. The second-order valence-electron chi connectivity index (χ2n) is 12.2. The van der Waals surface area contributed by atoms with Crippen molar-refractivity contribution >= 4 is 35.2 Å². The van der Waals surface area contributed by atoms with E-state index in [-0.39, 0.29) is 48.3 Å². The summed E-state index contributed by atoms with van der Waals surface area (Å²) in [6, 6.07) is 3.85. The van der Waals surface area contributed by atoms with Gasteiger partial charge in [-0.15, -0.1) is 5.10 Å². The first-order valence-electron chi connectivity index (χ1n) is 16.0. The number of aliphatic hydroxyl groups excluding tert-OH is 1. The average Bonchev–Trinajstić information content (AvgIpc) is 3.66. The lowest BCUT2D eigenvalue weighted by molar-refractivity contribution is -0.132. The highest BCUT2D eigenvalue weighted by Gasteiger charge is 2.31. The predicted octanol–water partition coefficient (Wildman–Crippen LogP) is 1.45. The summed E-state index contributed by atoms with van der Waals surface area (Å²) in [4.78, 5) is 54.7. The molecule has 0 radical (unpaired) electrons. The number of aryl methyl sites for hydroxylation is 2. The third-order valence-corrected chi connectivity index (χ3v) is 7.93. The lowest BCUT2D eigenvalue weighted by Crippen LogP contribution is -2.57. The molecular formula is C32H43ClN8O7. The third kappa shape index (κ3) is 10.5. The van der Waals surface area contributed by atoms with E-state index in [9.17, 15) is 24.3 Å². The molecule has 4 heterocycles. The molecule has 3 atom stereocenters. The van der Waals surface area contributed by atoms with Gasteiger partial charge in [0.25, 0.3) is 5.91 Å². The highest BCUT2D eigenvalue weighted by Crippen LogP contribution is 2.26. The molecule has 260 valence electrons. The maximum atomic E-state index is 13.4. The Morgan fingerprint density at radius 1 is 1.10 bits per heavy atom. The number of ether oxygens (including phenoxy) is 1. The second kappa shape index (κ2) is 17.1. The Labute approximate surface area is 283 Å². The van der Waals surface area contributed by atoms with Gasteiger partial charge in [0.05, 0.1) is 35.5 Å². The molecule has 2 aliphatic heterocycles. The number of halogens is 1. The number of carbonyl (C=O) groups is 4. The van der Waals surface area contributed by atoms with E-state index in [0.717, 1.165) is 0 Å². The maximum absolute atomic E-state index is 13.4. The molecule has 0 unspecified atom stereocenters. The predicted molar refractivity (Wildman–Crippen MR) is 174 cm³/mol. The Morgan fingerprint density at radius 3 is 2.58 bits per heavy atom. The first-order valence-corrected chi connectivity index (χ1v) is 16.4. The summed E-state index contributed by atoms with van der Waals surface area (Å²) in [6.07, 6.45) is 1.82. The van der Waals surface area contributed by atoms with Crippen LogP contribution >= 0.6 is 11.6 Å². The Hall–Kier alpha value is -4.50. The second-order valence-corrected chi connectivity index (χ2v) is 12.6. The zero-order valence-electron chi connectivity index (χ0n) is 27.6. The molecule has 3 aromatic rings. The molecule has 0 aliphatic carbocycles. The quantitative estimate of drug-likeness (QED) is 0.286. The SMILES string of the molecule is Cc1cc(CC(=O)N2CCNC(=O)[C@@H](CC(C)C)NC(=O)[C@H]([C@@H](C)O)NC(=O)c3ccc(c(Cl)c3)OCCCn3cc(nn3)CC2)on1. The van der Waals surface area contributed by atoms with E-state index >= 15 is 0 Å². The number of hydrogen-bond acceptors (Lipinski definition) is 10. The van der Waals surface area contributed by atoms with Gasteiger partial charge in [-0.3, -0.25) is 23.9 Å². The molecule has 0 spiro atoms. The van der Waals surface area contributed by atoms with Gasteiger partial charge in [0.15, 0.2) is 0 Å². The van der Waals surface area contributed by atoms with Crippen LogP contribution in [0.2, 0.25) is 5.02 Å². The van der Waals surface area contributed by atoms with Crippen molar-refractivity contribution in [1.29, 1.82) is 0 Å². The van der Waals surface area contributed by atoms with Crippen LogP contribution in [0.5, 0.6) is 5.75 Å². The van der Waals surface area contributed by atoms with Crippen molar-refractivity contribution in [3.8, 4) is 5.75 Å². The van der Waals surface area contributed by atoms with Crippen molar-refractivity contribution in [2.75, 3.05) is 26.2 Å². The lowest BCUT2D eigenvalue weighted by Gasteiger charge is -2.26. The summed E-state index contributed by atoms with van der Waals surface area (Å²) >= 11 is 6.39. The highest BCUT2D eigenvalue weighted by atomic mass is 35.5. The summed E-state index contributed by atoms with van der Waals surface area (Å²) in [5.41, 5.74) is 1.50. The number of fused-ring (bicyclic) bond motifs is 17. The topological polar surface area (TPSA) is 194 Å². The molecule has 4 amide bonds. The number of amides is 4. The smallest absolute Gasteiger partial charge is 0.252 e. The normalized spacial score (nSPS) is 19.6. The van der Waals surface area contributed by atoms with Crippen molar-refractivity contribution in [2.24, 2.45) is 5.92 Å². The molecular weight excluding hydrogens is 644 g/mol. The Balaban J connectivity index is 1.56. The van der Waals surface area contributed by atoms with E-state index in [1.165, 1.54) is 19.1 Å². The van der Waals surface area contributed by atoms with Gasteiger partial charge >= 0.3 is 0 Å². The van der Waals surface area contributed by atoms with Gasteiger partial charge in [-0.25, -0.2) is 0 Å². The maximum Gasteiger partial charge on any atom is 0.252 e. The van der Waals surface area contributed by atoms with Crippen LogP contribution in [0.25, 0.3) is 0 Å². The number of benzene rings is 1. The molecule has 15 nitrogen and oxygen atoms in total. The van der Waals surface area contributed by atoms with Gasteiger partial charge in [0.1, 0.15) is 23.6 Å². The molecule has 0 saturated carbocycles. The van der Waals surface area contributed by atoms with E-state index in [1.807, 2.05) is 20.0 Å². The molecule has 1 aromatic carbocycles. The van der Waals surface area contributed by atoms with Crippen molar-refractivity contribution in [1.82, 2.24) is 41.0 Å². The fraction of sp³-hybridized carbons (Fsp3) is 0.531. The first-order chi connectivity index (χ1) is 22.9. The van der Waals surface area contributed by atoms with Crippen LogP contribution in [0.4, 0.5) is 0 Å². The van der Waals surface area contributed by atoms with E-state index < -0.39 is 35.9 Å². The summed E-state index contributed by atoms with van der Waals surface area (Å²) in [6.45, 7) is 8.36. The summed E-state index contributed by atoms with van der Waals surface area (Å²) in [5.74, 6) is -1.24. The molecule has 5 rings (SSSR count). The van der Waals surface area contributed by atoms with Crippen LogP contribution in [0.3, 0.4) is 0 Å². The van der Waals surface area contributed by atoms with Gasteiger partial charge in [0.2, 0.25) is 17.7 Å². The molecule has 2 aliphatic rings. The number of aliphatic hydroxyl groups is 1. The van der Waals surface area contributed by atoms with Gasteiger partial charge in [-0.2, -0.15) is 0 Å². The number of nitrogens with one attached hydrogen (secondary N) is 3. The van der Waals surface area contributed by atoms with E-state index in [2.05, 4.69) is 31.4 Å². The van der Waals surface area contributed by atoms with Gasteiger partial charge < -0.3 is 35.2 Å². The van der Waals surface area contributed by atoms with E-state index in [0.29, 0.717) is 55.4 Å². The largest absolute Gasteiger partial charge is 0.492 e. The number of hydrogen-bond donors (Lipinski definition) is 4. The highest BCUT2D eigenvalue weighted by molar-refractivity contribution is 6.32. The minimum atomic E-state index is -1.36. The summed E-state index contributed by atoms with van der Waals surface area (Å²) < 4.78 is 12.7. The fourth-order valence-electron chi connectivity index (χ4n) is 5.13. The zero-order chi connectivity index (χ0) is 34.8. The number of nitrogens with zero attached hydrogens (tertiary/aromatic N) is 5. The number of carbonyl (C=O) groups excluding carboxylic acids is 4. The monoisotopic (exact) mass is 686 g/mol. The molecule has 48 heavy (non-hydrogen) atoms. The van der Waals surface area contributed by atoms with Crippen molar-refractivity contribution in [3.63, 3.8) is 0 Å². The van der Waals surface area contributed by atoms with E-state index in [4.69, 9.17) is 20.9 Å². The Bertz CT molecular complexity index is 1570. The Morgan fingerprint density at radius 2 is 1.90 bits per heavy atom. The van der Waals surface area contributed by atoms with Gasteiger partial charge in [-0.05, 0) is 44.4 Å². The molecule has 16 heteroatoms. The van der Waals surface area contributed by atoms with Crippen LogP contribution < -0.4 is 20.7 Å². The lowest BCUT2D eigenvalue weighted by atomic mass is 10.0. The molecule has 0 saturated heterocycles. The first kappa shape index (κ1) is 36.3. The van der Waals surface area contributed by atoms with Crippen LogP contribution in [0, 0.1) is 12.8 Å². The molecule has 0 fully saturated rings. The molecule has 4 N–H and O–H groups in total. The third-order valence-electron chi connectivity index (χ3n) is 7.63. The Kier molecular flexibility index (Phi) is 12.9. The van der Waals surface area contributed by atoms with Crippen LogP contribution in [0.15, 0.2) is 35.0 Å². The van der Waals surface area contributed by atoms with Gasteiger partial charge in [-0.1, -0.05) is 35.8 Å². The fourth-order valence-corrected chi connectivity index (χ4v) is 5.37. The van der Waals surface area contributed by atoms with Gasteiger partial charge in [0, 0.05) is 56.8 Å². The van der Waals surface area contributed by atoms with Crippen LogP contribution in [-0.4, -0.2) is 98.2 Å². The average molecular weight is 687 g/mol. The number of rotatable bonds is 5. The minimum absolute atomic E-state index is 0.00744. The molecule has 4 bridgehead atoms. The minimum Gasteiger partial charge on any atom is -0.492 e.